The van der Waals surface area contributed by atoms with E-state index in [0.29, 0.717) is 0 Å². The Balaban J connectivity index is 2.01. The first-order valence-electron chi connectivity index (χ1n) is 6.39. The molecule has 1 nitrogen and oxygen atoms in total. The van der Waals surface area contributed by atoms with Gasteiger partial charge < -0.3 is 5.11 Å². The largest absolute Gasteiger partial charge is 0.387 e. The van der Waals surface area contributed by atoms with Gasteiger partial charge in [0.2, 0.25) is 0 Å². The molecule has 0 spiro atoms. The van der Waals surface area contributed by atoms with E-state index in [9.17, 15) is 5.11 Å². The molecule has 0 saturated carbocycles. The summed E-state index contributed by atoms with van der Waals surface area (Å²) in [6, 6.07) is 19.7. The number of hydrogen-bond acceptors (Lipinski definition) is 2. The second kappa shape index (κ2) is 7.59. The molecular weight excluding hydrogens is 264 g/mol. The summed E-state index contributed by atoms with van der Waals surface area (Å²) in [4.78, 5) is 1.06. The number of terminal acetylenes is 1. The molecule has 2 heteroatoms. The lowest BCUT2D eigenvalue weighted by molar-refractivity contribution is 0.235. The van der Waals surface area contributed by atoms with Crippen molar-refractivity contribution >= 4 is 17.8 Å². The second-order valence-electron chi connectivity index (χ2n) is 4.28. The summed E-state index contributed by atoms with van der Waals surface area (Å²) in [5.74, 6) is 2.65. The van der Waals surface area contributed by atoms with Gasteiger partial charge in [0, 0.05) is 4.90 Å². The van der Waals surface area contributed by atoms with Crippen LogP contribution >= 0.6 is 11.8 Å². The van der Waals surface area contributed by atoms with Crippen molar-refractivity contribution < 1.29 is 5.11 Å². The number of rotatable bonds is 5. The molecule has 0 radical (unpaired) electrons. The summed E-state index contributed by atoms with van der Waals surface area (Å²) in [5.41, 5.74) is 1.05. The molecule has 0 aliphatic heterocycles. The lowest BCUT2D eigenvalue weighted by Crippen LogP contribution is -2.18. The lowest BCUT2D eigenvalue weighted by atomic mass is 10.1. The molecule has 0 saturated heterocycles. The van der Waals surface area contributed by atoms with Crippen LogP contribution in [0, 0.1) is 12.3 Å². The van der Waals surface area contributed by atoms with Gasteiger partial charge in [-0.15, -0.1) is 18.2 Å². The van der Waals surface area contributed by atoms with Crippen molar-refractivity contribution in [1.29, 1.82) is 0 Å². The van der Waals surface area contributed by atoms with Crippen molar-refractivity contribution in [3.8, 4) is 12.3 Å². The van der Waals surface area contributed by atoms with Crippen LogP contribution in [0.2, 0.25) is 0 Å². The molecular formula is C18H16OS. The fraction of sp³-hybridized carbons (Fsp3) is 0.111. The molecule has 2 atom stereocenters. The van der Waals surface area contributed by atoms with Crippen molar-refractivity contribution in [1.82, 2.24) is 0 Å². The van der Waals surface area contributed by atoms with Crippen molar-refractivity contribution in [2.45, 2.75) is 16.2 Å². The summed E-state index contributed by atoms with van der Waals surface area (Å²) < 4.78 is 0. The van der Waals surface area contributed by atoms with Crippen LogP contribution in [0.15, 0.2) is 71.6 Å². The minimum atomic E-state index is -0.676. The van der Waals surface area contributed by atoms with Crippen LogP contribution in [-0.2, 0) is 0 Å². The van der Waals surface area contributed by atoms with E-state index in [1.54, 1.807) is 6.08 Å². The number of aliphatic hydroxyl groups is 1. The highest BCUT2D eigenvalue weighted by Gasteiger charge is 2.15. The Morgan fingerprint density at radius 1 is 1.00 bits per heavy atom. The van der Waals surface area contributed by atoms with Gasteiger partial charge in [0.1, 0.15) is 0 Å². The van der Waals surface area contributed by atoms with Crippen molar-refractivity contribution in [3.63, 3.8) is 0 Å². The Morgan fingerprint density at radius 2 is 1.60 bits per heavy atom. The molecule has 0 heterocycles. The third-order valence-electron chi connectivity index (χ3n) is 2.77. The zero-order valence-corrected chi connectivity index (χ0v) is 11.8. The molecule has 0 unspecified atom stereocenters. The minimum absolute atomic E-state index is 0.294. The molecule has 2 aromatic carbocycles. The van der Waals surface area contributed by atoms with E-state index in [4.69, 9.17) is 6.42 Å². The van der Waals surface area contributed by atoms with Crippen LogP contribution in [0.3, 0.4) is 0 Å². The fourth-order valence-electron chi connectivity index (χ4n) is 1.72. The maximum absolute atomic E-state index is 10.2. The number of thioether (sulfide) groups is 1. The minimum Gasteiger partial charge on any atom is -0.387 e. The summed E-state index contributed by atoms with van der Waals surface area (Å²) >= 11 is 1.49. The highest BCUT2D eigenvalue weighted by Crippen LogP contribution is 2.25. The van der Waals surface area contributed by atoms with E-state index in [0.717, 1.165) is 10.5 Å². The summed E-state index contributed by atoms with van der Waals surface area (Å²) in [6.07, 6.45) is 8.49. The van der Waals surface area contributed by atoms with Gasteiger partial charge in [0.15, 0.2) is 0 Å². The zero-order chi connectivity index (χ0) is 14.2. The van der Waals surface area contributed by atoms with Crippen molar-refractivity contribution in [3.05, 3.63) is 72.3 Å². The number of benzene rings is 2. The third-order valence-corrected chi connectivity index (χ3v) is 3.98. The monoisotopic (exact) mass is 280 g/mol. The first kappa shape index (κ1) is 14.5. The third kappa shape index (κ3) is 4.31. The lowest BCUT2D eigenvalue weighted by Gasteiger charge is -2.14. The van der Waals surface area contributed by atoms with Crippen LogP contribution in [-0.4, -0.2) is 16.5 Å². The molecule has 0 amide bonds. The average Bonchev–Trinajstić information content (AvgIpc) is 2.52. The van der Waals surface area contributed by atoms with E-state index in [1.165, 1.54) is 11.8 Å². The van der Waals surface area contributed by atoms with Gasteiger partial charge >= 0.3 is 0 Å². The van der Waals surface area contributed by atoms with Gasteiger partial charge in [-0.2, -0.15) is 0 Å². The smallest absolute Gasteiger partial charge is 0.0995 e. The predicted molar refractivity (Wildman–Crippen MR) is 86.4 cm³/mol. The zero-order valence-electron chi connectivity index (χ0n) is 11.0. The molecule has 0 aromatic heterocycles. The van der Waals surface area contributed by atoms with Gasteiger partial charge in [-0.05, 0) is 17.7 Å². The number of hydrogen-bond donors (Lipinski definition) is 1. The number of aliphatic hydroxyl groups excluding tert-OH is 1. The molecule has 0 aliphatic rings. The standard InChI is InChI=1S/C18H16OS/c1-2-18(20-16-11-7-4-8-12-16)17(19)14-13-15-9-5-3-6-10-15/h1,3-14,17-19H/b14-13+/t17-,18+/m1/s1. The molecule has 2 aromatic rings. The predicted octanol–water partition coefficient (Wildman–Crippen LogP) is 3.85. The average molecular weight is 280 g/mol. The molecule has 2 rings (SSSR count). The van der Waals surface area contributed by atoms with Gasteiger partial charge in [-0.25, -0.2) is 0 Å². The highest BCUT2D eigenvalue weighted by atomic mass is 32.2. The Morgan fingerprint density at radius 3 is 2.20 bits per heavy atom. The Hall–Kier alpha value is -1.95. The van der Waals surface area contributed by atoms with Crippen LogP contribution < -0.4 is 0 Å². The maximum atomic E-state index is 10.2. The molecule has 0 bridgehead atoms. The molecule has 20 heavy (non-hydrogen) atoms. The topological polar surface area (TPSA) is 20.2 Å². The molecule has 0 fully saturated rings. The first-order chi connectivity index (χ1) is 9.79. The highest BCUT2D eigenvalue weighted by molar-refractivity contribution is 8.00. The van der Waals surface area contributed by atoms with Gasteiger partial charge in [0.25, 0.3) is 0 Å². The summed E-state index contributed by atoms with van der Waals surface area (Å²) in [7, 11) is 0. The van der Waals surface area contributed by atoms with Gasteiger partial charge in [0.05, 0.1) is 11.4 Å². The second-order valence-corrected chi connectivity index (χ2v) is 5.49. The summed E-state index contributed by atoms with van der Waals surface area (Å²) in [5, 5.41) is 9.89. The first-order valence-corrected chi connectivity index (χ1v) is 7.27. The molecule has 1 N–H and O–H groups in total. The molecule has 0 aliphatic carbocycles. The van der Waals surface area contributed by atoms with Crippen LogP contribution in [0.5, 0.6) is 0 Å². The Labute approximate surface area is 124 Å². The van der Waals surface area contributed by atoms with Crippen LogP contribution in [0.1, 0.15) is 5.56 Å². The fourth-order valence-corrected chi connectivity index (χ4v) is 2.63. The van der Waals surface area contributed by atoms with Crippen LogP contribution in [0.25, 0.3) is 6.08 Å². The van der Waals surface area contributed by atoms with Gasteiger partial charge in [-0.1, -0.05) is 66.6 Å². The van der Waals surface area contributed by atoms with Crippen molar-refractivity contribution in [2.75, 3.05) is 0 Å². The van der Waals surface area contributed by atoms with E-state index in [-0.39, 0.29) is 5.25 Å². The quantitative estimate of drug-likeness (QED) is 0.663. The van der Waals surface area contributed by atoms with E-state index >= 15 is 0 Å². The SMILES string of the molecule is C#C[C@H](Sc1ccccc1)[C@H](O)/C=C/c1ccccc1. The Bertz CT molecular complexity index is 584. The van der Waals surface area contributed by atoms with Crippen LogP contribution in [0.4, 0.5) is 0 Å². The Kier molecular flexibility index (Phi) is 5.49. The van der Waals surface area contributed by atoms with Crippen molar-refractivity contribution in [2.24, 2.45) is 0 Å². The maximum Gasteiger partial charge on any atom is 0.0995 e. The van der Waals surface area contributed by atoms with E-state index in [2.05, 4.69) is 5.92 Å². The summed E-state index contributed by atoms with van der Waals surface area (Å²) in [6.45, 7) is 0. The molecule has 100 valence electrons. The normalized spacial score (nSPS) is 13.8. The van der Waals surface area contributed by atoms with E-state index < -0.39 is 6.10 Å². The van der Waals surface area contributed by atoms with E-state index in [1.807, 2.05) is 66.7 Å². The van der Waals surface area contributed by atoms with Gasteiger partial charge in [-0.3, -0.25) is 0 Å².